The Hall–Kier alpha value is -4.00. The summed E-state index contributed by atoms with van der Waals surface area (Å²) >= 11 is 3.73. The lowest BCUT2D eigenvalue weighted by molar-refractivity contribution is -0.145. The number of esters is 1. The van der Waals surface area contributed by atoms with Gasteiger partial charge in [0, 0.05) is 36.6 Å². The van der Waals surface area contributed by atoms with Gasteiger partial charge in [0.25, 0.3) is 5.91 Å². The fourth-order valence-electron chi connectivity index (χ4n) is 7.35. The van der Waals surface area contributed by atoms with Gasteiger partial charge in [0.2, 0.25) is 11.8 Å². The maximum atomic E-state index is 14.7. The van der Waals surface area contributed by atoms with Gasteiger partial charge < -0.3 is 34.4 Å². The topological polar surface area (TPSA) is 135 Å². The van der Waals surface area contributed by atoms with E-state index in [-0.39, 0.29) is 49.4 Å². The molecule has 0 aliphatic carbocycles. The van der Waals surface area contributed by atoms with Crippen molar-refractivity contribution in [1.29, 1.82) is 0 Å². The largest absolute Gasteiger partial charge is 0.497 e. The maximum absolute atomic E-state index is 14.7. The average Bonchev–Trinajstić information content (AvgIpc) is 3.71. The van der Waals surface area contributed by atoms with Crippen molar-refractivity contribution in [1.82, 2.24) is 10.2 Å². The quantitative estimate of drug-likeness (QED) is 0.107. The van der Waals surface area contributed by atoms with Crippen LogP contribution >= 0.6 is 15.9 Å². The summed E-state index contributed by atoms with van der Waals surface area (Å²) in [5.74, 6) is -2.73. The van der Waals surface area contributed by atoms with Crippen LogP contribution in [-0.4, -0.2) is 89.7 Å². The fraction of sp³-hybridized carbons (Fsp3) is 0.459. The van der Waals surface area contributed by atoms with Crippen LogP contribution in [0.5, 0.6) is 5.75 Å². The molecule has 0 aromatic heterocycles. The molecule has 0 radical (unpaired) electrons. The second-order valence-electron chi connectivity index (χ2n) is 12.5. The minimum atomic E-state index is -1.28. The molecule has 3 aliphatic heterocycles. The molecule has 3 amide bonds. The first-order valence-electron chi connectivity index (χ1n) is 16.6. The van der Waals surface area contributed by atoms with E-state index >= 15 is 0 Å². The molecule has 1 spiro atoms. The van der Waals surface area contributed by atoms with Crippen molar-refractivity contribution in [3.8, 4) is 5.75 Å². The van der Waals surface area contributed by atoms with Gasteiger partial charge in [-0.1, -0.05) is 58.4 Å². The van der Waals surface area contributed by atoms with E-state index in [9.17, 15) is 24.3 Å². The van der Waals surface area contributed by atoms with Gasteiger partial charge in [-0.3, -0.25) is 19.2 Å². The molecule has 11 nitrogen and oxygen atoms in total. The molecule has 49 heavy (non-hydrogen) atoms. The lowest BCUT2D eigenvalue weighted by Gasteiger charge is -2.37. The number of nitrogens with zero attached hydrogens (tertiary/aromatic N) is 2. The highest BCUT2D eigenvalue weighted by Crippen LogP contribution is 2.60. The van der Waals surface area contributed by atoms with Crippen LogP contribution < -0.4 is 15.0 Å². The SMILES string of the molecule is C=CCCC(=O)OC[C@H](NC(=O)[C@H]1[C@@H]2O[C@@]3(CC2Br)[C@@H]1C(=O)N(CCCCO)[C@@H]3C(=O)N(CC=C)c1ccc(OC)cc1)c1ccccc1. The van der Waals surface area contributed by atoms with E-state index in [0.29, 0.717) is 37.1 Å². The molecule has 3 saturated heterocycles. The molecule has 3 heterocycles. The number of fused-ring (bicyclic) bond motifs is 1. The highest BCUT2D eigenvalue weighted by Gasteiger charge is 2.76. The number of ether oxygens (including phenoxy) is 3. The molecule has 2 N–H and O–H groups in total. The molecule has 2 bridgehead atoms. The number of likely N-dealkylation sites (tertiary alicyclic amines) is 1. The Balaban J connectivity index is 1.47. The number of hydrogen-bond acceptors (Lipinski definition) is 8. The van der Waals surface area contributed by atoms with Crippen molar-refractivity contribution in [2.75, 3.05) is 38.3 Å². The van der Waals surface area contributed by atoms with Crippen molar-refractivity contribution >= 4 is 45.3 Å². The molecular weight excluding hydrogens is 694 g/mol. The number of aliphatic hydroxyl groups is 1. The standard InChI is InChI=1S/C37H44BrN3O8/c1-4-6-14-29(43)48-23-28(24-12-8-7-9-13-24)39-34(44)30-31-35(45)41(20-10-11-21-42)33(37(31)22-27(38)32(30)49-37)36(46)40(19-5-2)25-15-17-26(47-3)18-16-25/h4-5,7-9,12-13,15-18,27-28,30-33,42H,1-2,6,10-11,14,19-23H2,3H3,(H,39,44)/t27?,28-,30+,31-,32+,33+,37-/m0/s1. The summed E-state index contributed by atoms with van der Waals surface area (Å²) in [6.45, 7) is 7.73. The lowest BCUT2D eigenvalue weighted by Crippen LogP contribution is -2.57. The first-order chi connectivity index (χ1) is 23.7. The second kappa shape index (κ2) is 16.1. The van der Waals surface area contributed by atoms with Gasteiger partial charge in [-0.25, -0.2) is 0 Å². The Morgan fingerprint density at radius 2 is 1.88 bits per heavy atom. The number of rotatable bonds is 17. The Morgan fingerprint density at radius 3 is 2.53 bits per heavy atom. The van der Waals surface area contributed by atoms with E-state index in [4.69, 9.17) is 14.2 Å². The maximum Gasteiger partial charge on any atom is 0.306 e. The van der Waals surface area contributed by atoms with Crippen LogP contribution in [0, 0.1) is 11.8 Å². The number of carbonyl (C=O) groups excluding carboxylic acids is 4. The van der Waals surface area contributed by atoms with Crippen LogP contribution in [0.4, 0.5) is 5.69 Å². The average molecular weight is 739 g/mol. The summed E-state index contributed by atoms with van der Waals surface area (Å²) in [5.41, 5.74) is 0.0518. The van der Waals surface area contributed by atoms with Crippen LogP contribution in [0.1, 0.15) is 43.7 Å². The molecule has 7 atom stereocenters. The van der Waals surface area contributed by atoms with Gasteiger partial charge in [-0.2, -0.15) is 0 Å². The summed E-state index contributed by atoms with van der Waals surface area (Å²) < 4.78 is 17.5. The first kappa shape index (κ1) is 36.3. The zero-order chi connectivity index (χ0) is 35.1. The Kier molecular flexibility index (Phi) is 12.0. The number of benzene rings is 2. The van der Waals surface area contributed by atoms with Crippen LogP contribution in [0.2, 0.25) is 0 Å². The number of anilines is 1. The molecule has 12 heteroatoms. The molecule has 0 saturated carbocycles. The number of nitrogens with one attached hydrogen (secondary N) is 1. The van der Waals surface area contributed by atoms with Crippen LogP contribution in [0.25, 0.3) is 0 Å². The predicted octanol–water partition coefficient (Wildman–Crippen LogP) is 4.10. The van der Waals surface area contributed by atoms with E-state index in [1.165, 1.54) is 0 Å². The van der Waals surface area contributed by atoms with E-state index in [0.717, 1.165) is 5.56 Å². The van der Waals surface area contributed by atoms with E-state index in [2.05, 4.69) is 34.4 Å². The number of hydrogen-bond donors (Lipinski definition) is 2. The van der Waals surface area contributed by atoms with Gasteiger partial charge in [-0.05, 0) is 55.5 Å². The van der Waals surface area contributed by atoms with Crippen molar-refractivity contribution in [3.63, 3.8) is 0 Å². The number of halogens is 1. The van der Waals surface area contributed by atoms with Crippen molar-refractivity contribution in [2.24, 2.45) is 11.8 Å². The van der Waals surface area contributed by atoms with Crippen molar-refractivity contribution in [2.45, 2.75) is 60.7 Å². The van der Waals surface area contributed by atoms with Gasteiger partial charge >= 0.3 is 5.97 Å². The van der Waals surface area contributed by atoms with E-state index in [1.807, 2.05) is 30.3 Å². The molecule has 2 aromatic carbocycles. The summed E-state index contributed by atoms with van der Waals surface area (Å²) in [5, 5.41) is 12.6. The monoisotopic (exact) mass is 737 g/mol. The summed E-state index contributed by atoms with van der Waals surface area (Å²) in [6, 6.07) is 14.5. The van der Waals surface area contributed by atoms with E-state index in [1.54, 1.807) is 53.3 Å². The number of alkyl halides is 1. The molecule has 5 rings (SSSR count). The summed E-state index contributed by atoms with van der Waals surface area (Å²) in [7, 11) is 1.56. The smallest absolute Gasteiger partial charge is 0.306 e. The minimum absolute atomic E-state index is 0.0598. The normalized spacial score (nSPS) is 25.7. The molecule has 3 aliphatic rings. The molecule has 1 unspecified atom stereocenters. The third-order valence-corrected chi connectivity index (χ3v) is 10.4. The van der Waals surface area contributed by atoms with Gasteiger partial charge in [-0.15, -0.1) is 13.2 Å². The lowest BCUT2D eigenvalue weighted by atomic mass is 9.70. The molecule has 3 fully saturated rings. The number of allylic oxidation sites excluding steroid dienone is 1. The second-order valence-corrected chi connectivity index (χ2v) is 13.7. The third kappa shape index (κ3) is 7.32. The highest BCUT2D eigenvalue weighted by atomic mass is 79.9. The number of amides is 3. The van der Waals surface area contributed by atoms with Gasteiger partial charge in [0.05, 0.1) is 31.1 Å². The number of carbonyl (C=O) groups is 4. The van der Waals surface area contributed by atoms with Crippen molar-refractivity contribution in [3.05, 3.63) is 85.5 Å². The minimum Gasteiger partial charge on any atom is -0.497 e. The zero-order valence-electron chi connectivity index (χ0n) is 27.7. The highest BCUT2D eigenvalue weighted by molar-refractivity contribution is 9.09. The Bertz CT molecular complexity index is 1520. The number of aliphatic hydroxyl groups excluding tert-OH is 1. The molecular formula is C37H44BrN3O8. The Labute approximate surface area is 295 Å². The summed E-state index contributed by atoms with van der Waals surface area (Å²) in [6.07, 6.45) is 4.47. The Morgan fingerprint density at radius 1 is 1.14 bits per heavy atom. The van der Waals surface area contributed by atoms with Crippen LogP contribution in [0.15, 0.2) is 79.9 Å². The zero-order valence-corrected chi connectivity index (χ0v) is 29.3. The fourth-order valence-corrected chi connectivity index (χ4v) is 8.29. The predicted molar refractivity (Wildman–Crippen MR) is 187 cm³/mol. The van der Waals surface area contributed by atoms with Gasteiger partial charge in [0.15, 0.2) is 0 Å². The van der Waals surface area contributed by atoms with Crippen LogP contribution in [-0.2, 0) is 28.7 Å². The summed E-state index contributed by atoms with van der Waals surface area (Å²) in [4.78, 5) is 58.7. The molecule has 2 aromatic rings. The molecule has 262 valence electrons. The van der Waals surface area contributed by atoms with Crippen molar-refractivity contribution < 1.29 is 38.5 Å². The first-order valence-corrected chi connectivity index (χ1v) is 17.5. The third-order valence-electron chi connectivity index (χ3n) is 9.58. The van der Waals surface area contributed by atoms with E-state index < -0.39 is 47.5 Å². The van der Waals surface area contributed by atoms with Crippen LogP contribution in [0.3, 0.4) is 0 Å². The van der Waals surface area contributed by atoms with Gasteiger partial charge in [0.1, 0.15) is 24.0 Å². The number of methoxy groups -OCH3 is 1. The number of unbranched alkanes of at least 4 members (excludes halogenated alkanes) is 1.